The molecule has 2 atom stereocenters. The van der Waals surface area contributed by atoms with Crippen LogP contribution < -0.4 is 4.90 Å². The molecule has 0 saturated carbocycles. The number of halogens is 3. The summed E-state index contributed by atoms with van der Waals surface area (Å²) in [6.45, 7) is 1.70. The van der Waals surface area contributed by atoms with E-state index in [1.54, 1.807) is 7.11 Å². The fraction of sp³-hybridized carbons (Fsp3) is 0.368. The summed E-state index contributed by atoms with van der Waals surface area (Å²) >= 11 is 18.6. The Bertz CT molecular complexity index is 690. The summed E-state index contributed by atoms with van der Waals surface area (Å²) in [7, 11) is 1.76. The number of hydrogen-bond donors (Lipinski definition) is 0. The zero-order chi connectivity index (χ0) is 17.1. The molecule has 128 valence electrons. The molecule has 0 unspecified atom stereocenters. The topological polar surface area (TPSA) is 12.5 Å². The monoisotopic (exact) mass is 383 g/mol. The molecule has 2 aromatic carbocycles. The number of hydrogen-bond acceptors (Lipinski definition) is 2. The highest BCUT2D eigenvalue weighted by Gasteiger charge is 2.30. The quantitative estimate of drug-likeness (QED) is 0.617. The number of piperidine rings is 1. The lowest BCUT2D eigenvalue weighted by atomic mass is 9.88. The van der Waals surface area contributed by atoms with E-state index in [2.05, 4.69) is 17.0 Å². The first kappa shape index (κ1) is 17.9. The van der Waals surface area contributed by atoms with Gasteiger partial charge in [-0.3, -0.25) is 0 Å². The van der Waals surface area contributed by atoms with Crippen molar-refractivity contribution in [2.45, 2.75) is 18.9 Å². The fourth-order valence-electron chi connectivity index (χ4n) is 3.43. The first-order valence-corrected chi connectivity index (χ1v) is 9.18. The van der Waals surface area contributed by atoms with Crippen LogP contribution in [0.1, 0.15) is 24.4 Å². The van der Waals surface area contributed by atoms with Crippen molar-refractivity contribution in [2.75, 3.05) is 25.2 Å². The van der Waals surface area contributed by atoms with Crippen LogP contribution in [0.3, 0.4) is 0 Å². The molecule has 0 aliphatic carbocycles. The van der Waals surface area contributed by atoms with E-state index in [9.17, 15) is 0 Å². The minimum atomic E-state index is 0.226. The molecule has 1 aliphatic rings. The number of anilines is 1. The lowest BCUT2D eigenvalue weighted by molar-refractivity contribution is 0.137. The molecule has 0 spiro atoms. The third kappa shape index (κ3) is 4.00. The van der Waals surface area contributed by atoms with Crippen LogP contribution in [0.15, 0.2) is 42.5 Å². The van der Waals surface area contributed by atoms with Crippen molar-refractivity contribution in [3.05, 3.63) is 63.1 Å². The van der Waals surface area contributed by atoms with Crippen molar-refractivity contribution in [2.24, 2.45) is 5.92 Å². The van der Waals surface area contributed by atoms with Crippen LogP contribution in [0.5, 0.6) is 0 Å². The van der Waals surface area contributed by atoms with Crippen molar-refractivity contribution in [3.8, 4) is 0 Å². The van der Waals surface area contributed by atoms with Gasteiger partial charge < -0.3 is 9.64 Å². The van der Waals surface area contributed by atoms with Crippen molar-refractivity contribution < 1.29 is 4.74 Å². The summed E-state index contributed by atoms with van der Waals surface area (Å²) in [5, 5.41) is 2.12. The lowest BCUT2D eigenvalue weighted by Gasteiger charge is -2.42. The lowest BCUT2D eigenvalue weighted by Crippen LogP contribution is -2.39. The molecule has 1 fully saturated rings. The third-order valence-corrected chi connectivity index (χ3v) is 5.38. The minimum Gasteiger partial charge on any atom is -0.384 e. The zero-order valence-electron chi connectivity index (χ0n) is 13.5. The Hall–Kier alpha value is -0.930. The molecular formula is C19H20Cl3NO. The van der Waals surface area contributed by atoms with Gasteiger partial charge in [0.25, 0.3) is 0 Å². The summed E-state index contributed by atoms with van der Waals surface area (Å²) in [5.74, 6) is 0.507. The summed E-state index contributed by atoms with van der Waals surface area (Å²) in [4.78, 5) is 2.40. The van der Waals surface area contributed by atoms with Crippen molar-refractivity contribution in [1.29, 1.82) is 0 Å². The summed E-state index contributed by atoms with van der Waals surface area (Å²) < 4.78 is 5.37. The normalized spacial score (nSPS) is 21.1. The molecule has 2 aromatic rings. The van der Waals surface area contributed by atoms with Gasteiger partial charge in [0.15, 0.2) is 0 Å². The van der Waals surface area contributed by atoms with Gasteiger partial charge in [-0.25, -0.2) is 0 Å². The molecule has 0 bridgehead atoms. The van der Waals surface area contributed by atoms with E-state index in [4.69, 9.17) is 39.5 Å². The van der Waals surface area contributed by atoms with E-state index in [-0.39, 0.29) is 6.04 Å². The molecule has 0 radical (unpaired) electrons. The van der Waals surface area contributed by atoms with Crippen LogP contribution in [0.4, 0.5) is 5.69 Å². The first-order valence-electron chi connectivity index (χ1n) is 8.04. The molecule has 1 heterocycles. The second kappa shape index (κ2) is 7.97. The van der Waals surface area contributed by atoms with E-state index >= 15 is 0 Å². The molecule has 1 saturated heterocycles. The summed E-state index contributed by atoms with van der Waals surface area (Å²) in [5.41, 5.74) is 2.27. The van der Waals surface area contributed by atoms with Gasteiger partial charge in [-0.1, -0.05) is 40.9 Å². The minimum absolute atomic E-state index is 0.226. The fourth-order valence-corrected chi connectivity index (χ4v) is 4.09. The molecule has 0 amide bonds. The maximum atomic E-state index is 6.48. The van der Waals surface area contributed by atoms with Gasteiger partial charge >= 0.3 is 0 Å². The van der Waals surface area contributed by atoms with Crippen LogP contribution in [-0.4, -0.2) is 20.3 Å². The van der Waals surface area contributed by atoms with Gasteiger partial charge in [0.05, 0.1) is 12.6 Å². The molecule has 5 heteroatoms. The highest BCUT2D eigenvalue weighted by Crippen LogP contribution is 2.40. The smallest absolute Gasteiger partial charge is 0.0557 e. The Balaban J connectivity index is 1.94. The average Bonchev–Trinajstić information content (AvgIpc) is 2.56. The molecular weight excluding hydrogens is 365 g/mol. The SMILES string of the molecule is COC[C@@H]1CC[C@H](c2ccc(Cl)cc2Cl)N(c2ccc(Cl)cc2)C1. The van der Waals surface area contributed by atoms with Crippen LogP contribution >= 0.6 is 34.8 Å². The predicted octanol–water partition coefficient (Wildman–Crippen LogP) is 6.25. The predicted molar refractivity (Wildman–Crippen MR) is 103 cm³/mol. The Morgan fingerprint density at radius 1 is 1.00 bits per heavy atom. The van der Waals surface area contributed by atoms with E-state index in [1.165, 1.54) is 0 Å². The number of methoxy groups -OCH3 is 1. The number of rotatable bonds is 4. The largest absolute Gasteiger partial charge is 0.384 e. The maximum absolute atomic E-state index is 6.48. The maximum Gasteiger partial charge on any atom is 0.0557 e. The van der Waals surface area contributed by atoms with Crippen LogP contribution in [0.2, 0.25) is 15.1 Å². The van der Waals surface area contributed by atoms with Gasteiger partial charge in [0.2, 0.25) is 0 Å². The summed E-state index contributed by atoms with van der Waals surface area (Å²) in [6.07, 6.45) is 2.14. The van der Waals surface area contributed by atoms with Crippen molar-refractivity contribution in [1.82, 2.24) is 0 Å². The Morgan fingerprint density at radius 3 is 2.38 bits per heavy atom. The van der Waals surface area contributed by atoms with Crippen molar-refractivity contribution in [3.63, 3.8) is 0 Å². The second-order valence-corrected chi connectivity index (χ2v) is 7.49. The third-order valence-electron chi connectivity index (χ3n) is 4.56. The molecule has 24 heavy (non-hydrogen) atoms. The van der Waals surface area contributed by atoms with Crippen LogP contribution in [0.25, 0.3) is 0 Å². The Labute approximate surface area is 158 Å². The zero-order valence-corrected chi connectivity index (χ0v) is 15.8. The second-order valence-electron chi connectivity index (χ2n) is 6.21. The highest BCUT2D eigenvalue weighted by molar-refractivity contribution is 6.35. The first-order chi connectivity index (χ1) is 11.6. The number of benzene rings is 2. The number of nitrogens with zero attached hydrogens (tertiary/aromatic N) is 1. The number of ether oxygens (including phenoxy) is 1. The standard InChI is InChI=1S/C19H20Cl3NO/c1-24-12-13-2-9-19(17-8-5-15(21)10-18(17)22)23(11-13)16-6-3-14(20)4-7-16/h3-8,10,13,19H,2,9,11-12H2,1H3/t13-,19-/m1/s1. The van der Waals surface area contributed by atoms with Gasteiger partial charge in [-0.2, -0.15) is 0 Å². The Kier molecular flexibility index (Phi) is 5.93. The molecule has 0 aromatic heterocycles. The molecule has 0 N–H and O–H groups in total. The van der Waals surface area contributed by atoms with Crippen LogP contribution in [-0.2, 0) is 4.74 Å². The molecule has 3 rings (SSSR count). The van der Waals surface area contributed by atoms with Gasteiger partial charge in [0, 0.05) is 34.4 Å². The van der Waals surface area contributed by atoms with Crippen molar-refractivity contribution >= 4 is 40.5 Å². The van der Waals surface area contributed by atoms with Gasteiger partial charge in [-0.15, -0.1) is 0 Å². The van der Waals surface area contributed by atoms with E-state index in [1.807, 2.05) is 30.3 Å². The van der Waals surface area contributed by atoms with Gasteiger partial charge in [0.1, 0.15) is 0 Å². The summed E-state index contributed by atoms with van der Waals surface area (Å²) in [6, 6.07) is 14.0. The Morgan fingerprint density at radius 2 is 1.71 bits per heavy atom. The van der Waals surface area contributed by atoms with E-state index in [0.29, 0.717) is 10.9 Å². The highest BCUT2D eigenvalue weighted by atomic mass is 35.5. The van der Waals surface area contributed by atoms with Gasteiger partial charge in [-0.05, 0) is 60.7 Å². The average molecular weight is 385 g/mol. The molecule has 1 aliphatic heterocycles. The molecule has 2 nitrogen and oxygen atoms in total. The van der Waals surface area contributed by atoms with Crippen LogP contribution in [0, 0.1) is 5.92 Å². The van der Waals surface area contributed by atoms with E-state index in [0.717, 1.165) is 47.3 Å². The van der Waals surface area contributed by atoms with E-state index < -0.39 is 0 Å².